The highest BCUT2D eigenvalue weighted by Crippen LogP contribution is 2.33. The number of rotatable bonds is 5. The highest BCUT2D eigenvalue weighted by molar-refractivity contribution is 9.10. The van der Waals surface area contributed by atoms with Crippen molar-refractivity contribution < 1.29 is 14.3 Å². The van der Waals surface area contributed by atoms with Gasteiger partial charge in [0.1, 0.15) is 17.4 Å². The minimum Gasteiger partial charge on any atom is -0.496 e. The summed E-state index contributed by atoms with van der Waals surface area (Å²) in [4.78, 5) is 19.2. The van der Waals surface area contributed by atoms with E-state index in [0.717, 1.165) is 49.4 Å². The van der Waals surface area contributed by atoms with Crippen molar-refractivity contribution in [2.24, 2.45) is 0 Å². The van der Waals surface area contributed by atoms with Crippen LogP contribution in [0.1, 0.15) is 15.9 Å². The Bertz CT molecular complexity index is 991. The summed E-state index contributed by atoms with van der Waals surface area (Å²) in [7, 11) is 2.80. The Morgan fingerprint density at radius 1 is 1.03 bits per heavy atom. The normalized spacial score (nSPS) is 17.1. The van der Waals surface area contributed by atoms with Crippen LogP contribution in [0.4, 0.5) is 11.4 Å². The number of benzene rings is 2. The van der Waals surface area contributed by atoms with Crippen molar-refractivity contribution in [1.29, 1.82) is 5.26 Å². The Kier molecular flexibility index (Phi) is 6.35. The fourth-order valence-corrected chi connectivity index (χ4v) is 4.50. The van der Waals surface area contributed by atoms with E-state index in [0.29, 0.717) is 11.8 Å². The van der Waals surface area contributed by atoms with Gasteiger partial charge in [0, 0.05) is 67.2 Å². The molecule has 2 aliphatic rings. The van der Waals surface area contributed by atoms with Crippen LogP contribution in [0.25, 0.3) is 0 Å². The lowest BCUT2D eigenvalue weighted by atomic mass is 10.0. The van der Waals surface area contributed by atoms with Gasteiger partial charge in [-0.1, -0.05) is 15.9 Å². The molecule has 0 aliphatic carbocycles. The van der Waals surface area contributed by atoms with Gasteiger partial charge in [-0.3, -0.25) is 4.90 Å². The van der Waals surface area contributed by atoms with E-state index in [4.69, 9.17) is 9.47 Å². The molecule has 2 saturated heterocycles. The lowest BCUT2D eigenvalue weighted by molar-refractivity contribution is 0.0596. The monoisotopic (exact) mass is 484 g/mol. The highest BCUT2D eigenvalue weighted by atomic mass is 79.9. The van der Waals surface area contributed by atoms with Crippen LogP contribution in [0.3, 0.4) is 0 Å². The van der Waals surface area contributed by atoms with Crippen molar-refractivity contribution in [1.82, 2.24) is 4.90 Å². The van der Waals surface area contributed by atoms with Gasteiger partial charge >= 0.3 is 5.97 Å². The Balaban J connectivity index is 1.38. The molecule has 0 radical (unpaired) electrons. The maximum absolute atomic E-state index is 12.1. The molecule has 162 valence electrons. The molecule has 0 aromatic heterocycles. The minimum atomic E-state index is -0.565. The molecule has 0 amide bonds. The van der Waals surface area contributed by atoms with Gasteiger partial charge in [-0.25, -0.2) is 4.79 Å². The zero-order valence-electron chi connectivity index (χ0n) is 17.7. The van der Waals surface area contributed by atoms with Crippen LogP contribution in [-0.4, -0.2) is 70.4 Å². The Hall–Kier alpha value is -2.76. The predicted molar refractivity (Wildman–Crippen MR) is 123 cm³/mol. The molecular formula is C23H25BrN4O3. The number of hydrogen-bond donors (Lipinski definition) is 0. The first-order chi connectivity index (χ1) is 15.0. The number of esters is 1. The maximum atomic E-state index is 12.1. The number of methoxy groups -OCH3 is 2. The van der Waals surface area contributed by atoms with Gasteiger partial charge in [-0.05, 0) is 30.3 Å². The van der Waals surface area contributed by atoms with Gasteiger partial charge in [0.2, 0.25) is 0 Å². The second-order valence-electron chi connectivity index (χ2n) is 7.73. The van der Waals surface area contributed by atoms with E-state index in [9.17, 15) is 10.1 Å². The summed E-state index contributed by atoms with van der Waals surface area (Å²) in [5.74, 6) is -0.197. The number of carbonyl (C=O) groups is 1. The summed E-state index contributed by atoms with van der Waals surface area (Å²) < 4.78 is 11.3. The van der Waals surface area contributed by atoms with E-state index in [1.54, 1.807) is 6.07 Å². The Morgan fingerprint density at radius 3 is 2.29 bits per heavy atom. The third-order valence-corrected chi connectivity index (χ3v) is 6.60. The van der Waals surface area contributed by atoms with Crippen LogP contribution in [-0.2, 0) is 4.74 Å². The van der Waals surface area contributed by atoms with Gasteiger partial charge in [0.05, 0.1) is 19.8 Å². The third kappa shape index (κ3) is 4.34. The number of anilines is 2. The second-order valence-corrected chi connectivity index (χ2v) is 8.65. The second kappa shape index (κ2) is 9.16. The van der Waals surface area contributed by atoms with Crippen molar-refractivity contribution in [2.75, 3.05) is 63.3 Å². The maximum Gasteiger partial charge on any atom is 0.343 e. The summed E-state index contributed by atoms with van der Waals surface area (Å²) in [6.07, 6.45) is 0. The van der Waals surface area contributed by atoms with E-state index < -0.39 is 5.97 Å². The molecule has 7 nitrogen and oxygen atoms in total. The number of nitrogens with zero attached hydrogens (tertiary/aromatic N) is 4. The van der Waals surface area contributed by atoms with Crippen molar-refractivity contribution in [3.8, 4) is 11.8 Å². The van der Waals surface area contributed by atoms with E-state index in [1.165, 1.54) is 19.9 Å². The van der Waals surface area contributed by atoms with E-state index >= 15 is 0 Å². The molecule has 2 aliphatic heterocycles. The van der Waals surface area contributed by atoms with E-state index in [2.05, 4.69) is 61.0 Å². The average Bonchev–Trinajstić information content (AvgIpc) is 2.78. The largest absolute Gasteiger partial charge is 0.496 e. The van der Waals surface area contributed by atoms with Crippen LogP contribution in [0.5, 0.6) is 5.75 Å². The first-order valence-corrected chi connectivity index (χ1v) is 11.0. The SMILES string of the molecule is COC(=O)c1c(C#N)cc(N2CC(N3CCN(c4ccc(Br)cc4)CC3)C2)cc1OC. The average molecular weight is 485 g/mol. The molecule has 0 N–H and O–H groups in total. The summed E-state index contributed by atoms with van der Waals surface area (Å²) in [5, 5.41) is 9.52. The molecule has 4 rings (SSSR count). The molecule has 0 saturated carbocycles. The lowest BCUT2D eigenvalue weighted by Gasteiger charge is -2.49. The summed E-state index contributed by atoms with van der Waals surface area (Å²) >= 11 is 3.49. The molecule has 8 heteroatoms. The fourth-order valence-electron chi connectivity index (χ4n) is 4.24. The smallest absolute Gasteiger partial charge is 0.343 e. The van der Waals surface area contributed by atoms with Crippen LogP contribution < -0.4 is 14.5 Å². The number of piperazine rings is 1. The zero-order chi connectivity index (χ0) is 22.0. The molecule has 2 fully saturated rings. The molecule has 0 atom stereocenters. The van der Waals surface area contributed by atoms with Gasteiger partial charge in [-0.2, -0.15) is 5.26 Å². The number of nitriles is 1. The first kappa shape index (κ1) is 21.5. The summed E-state index contributed by atoms with van der Waals surface area (Å²) in [6.45, 7) is 5.87. The predicted octanol–water partition coefficient (Wildman–Crippen LogP) is 3.13. The van der Waals surface area contributed by atoms with Crippen molar-refractivity contribution in [3.63, 3.8) is 0 Å². The lowest BCUT2D eigenvalue weighted by Crippen LogP contribution is -2.63. The molecule has 2 aromatic carbocycles. The van der Waals surface area contributed by atoms with Crippen LogP contribution in [0.2, 0.25) is 0 Å². The summed E-state index contributed by atoms with van der Waals surface area (Å²) in [5.41, 5.74) is 2.61. The molecule has 0 spiro atoms. The van der Waals surface area contributed by atoms with Gasteiger partial charge < -0.3 is 19.3 Å². The summed E-state index contributed by atoms with van der Waals surface area (Å²) in [6, 6.07) is 14.6. The van der Waals surface area contributed by atoms with Gasteiger partial charge in [0.25, 0.3) is 0 Å². The number of ether oxygens (including phenoxy) is 2. The van der Waals surface area contributed by atoms with Crippen LogP contribution in [0.15, 0.2) is 40.9 Å². The van der Waals surface area contributed by atoms with E-state index in [1.807, 2.05) is 6.07 Å². The minimum absolute atomic E-state index is 0.178. The van der Waals surface area contributed by atoms with Crippen molar-refractivity contribution >= 4 is 33.3 Å². The van der Waals surface area contributed by atoms with Gasteiger partial charge in [-0.15, -0.1) is 0 Å². The Labute approximate surface area is 190 Å². The third-order valence-electron chi connectivity index (χ3n) is 6.07. The van der Waals surface area contributed by atoms with Gasteiger partial charge in [0.15, 0.2) is 0 Å². The van der Waals surface area contributed by atoms with Crippen LogP contribution >= 0.6 is 15.9 Å². The molecule has 2 aromatic rings. The number of carbonyl (C=O) groups excluding carboxylic acids is 1. The van der Waals surface area contributed by atoms with Crippen molar-refractivity contribution in [3.05, 3.63) is 52.0 Å². The number of halogens is 1. The fraction of sp³-hybridized carbons (Fsp3) is 0.391. The van der Waals surface area contributed by atoms with Crippen LogP contribution in [0, 0.1) is 11.3 Å². The zero-order valence-corrected chi connectivity index (χ0v) is 19.3. The molecular weight excluding hydrogens is 460 g/mol. The highest BCUT2D eigenvalue weighted by Gasteiger charge is 2.34. The molecule has 0 unspecified atom stereocenters. The Morgan fingerprint density at radius 2 is 1.71 bits per heavy atom. The quantitative estimate of drug-likeness (QED) is 0.603. The number of hydrogen-bond acceptors (Lipinski definition) is 7. The van der Waals surface area contributed by atoms with E-state index in [-0.39, 0.29) is 11.1 Å². The first-order valence-electron chi connectivity index (χ1n) is 10.2. The topological polar surface area (TPSA) is 69.0 Å². The van der Waals surface area contributed by atoms with Crippen molar-refractivity contribution in [2.45, 2.75) is 6.04 Å². The molecule has 0 bridgehead atoms. The molecule has 31 heavy (non-hydrogen) atoms. The molecule has 2 heterocycles. The standard InChI is InChI=1S/C23H25BrN4O3/c1-30-21-12-19(11-16(13-25)22(21)23(29)31-2)28-14-20(15-28)27-9-7-26(8-10-27)18-5-3-17(24)4-6-18/h3-6,11-12,20H,7-10,14-15H2,1-2H3.